The van der Waals surface area contributed by atoms with E-state index in [0.717, 1.165) is 12.2 Å². The van der Waals surface area contributed by atoms with E-state index in [4.69, 9.17) is 18.6 Å². The Labute approximate surface area is 144 Å². The topological polar surface area (TPSA) is 75.0 Å². The summed E-state index contributed by atoms with van der Waals surface area (Å²) in [6.07, 6.45) is 3.09. The number of furan rings is 1. The first-order chi connectivity index (χ1) is 12.2. The van der Waals surface area contributed by atoms with Crippen LogP contribution >= 0.6 is 0 Å². The minimum atomic E-state index is -0.357. The van der Waals surface area contributed by atoms with E-state index in [2.05, 4.69) is 0 Å². The average molecular weight is 342 g/mol. The molecule has 1 aliphatic heterocycles. The first kappa shape index (κ1) is 15.7. The highest BCUT2D eigenvalue weighted by Crippen LogP contribution is 2.48. The van der Waals surface area contributed by atoms with Gasteiger partial charge in [0, 0.05) is 17.9 Å². The van der Waals surface area contributed by atoms with Crippen LogP contribution in [0.1, 0.15) is 34.9 Å². The summed E-state index contributed by atoms with van der Waals surface area (Å²) < 4.78 is 21.6. The Bertz CT molecular complexity index is 779. The molecular weight excluding hydrogens is 324 g/mol. The molecule has 2 atom stereocenters. The third kappa shape index (κ3) is 3.38. The van der Waals surface area contributed by atoms with Gasteiger partial charge in [-0.15, -0.1) is 0 Å². The first-order valence-corrected chi connectivity index (χ1v) is 8.35. The molecule has 25 heavy (non-hydrogen) atoms. The van der Waals surface area contributed by atoms with Crippen LogP contribution in [0.5, 0.6) is 11.5 Å². The Morgan fingerprint density at radius 2 is 1.96 bits per heavy atom. The molecule has 0 spiro atoms. The van der Waals surface area contributed by atoms with Gasteiger partial charge in [0.05, 0.1) is 25.4 Å². The van der Waals surface area contributed by atoms with Crippen molar-refractivity contribution in [2.24, 2.45) is 5.92 Å². The highest BCUT2D eigenvalue weighted by Gasteiger charge is 2.47. The minimum Gasteiger partial charge on any atom is -0.490 e. The van der Waals surface area contributed by atoms with E-state index in [9.17, 15) is 9.59 Å². The van der Waals surface area contributed by atoms with Gasteiger partial charge in [-0.25, -0.2) is 0 Å². The van der Waals surface area contributed by atoms with E-state index in [-0.39, 0.29) is 30.2 Å². The van der Waals surface area contributed by atoms with Crippen molar-refractivity contribution in [3.8, 4) is 11.5 Å². The van der Waals surface area contributed by atoms with Crippen molar-refractivity contribution in [2.45, 2.75) is 18.8 Å². The maximum Gasteiger partial charge on any atom is 0.310 e. The van der Waals surface area contributed by atoms with Crippen LogP contribution in [0.25, 0.3) is 0 Å². The van der Waals surface area contributed by atoms with E-state index in [0.29, 0.717) is 36.7 Å². The summed E-state index contributed by atoms with van der Waals surface area (Å²) in [6.45, 7) is 0.867. The number of rotatable bonds is 5. The van der Waals surface area contributed by atoms with Crippen LogP contribution in [0.3, 0.4) is 0 Å². The SMILES string of the molecule is O=C(COC(=O)[C@H]1C[C@@H]1c1ccco1)c1ccc2c(c1)OCCCO2. The van der Waals surface area contributed by atoms with Crippen LogP contribution < -0.4 is 9.47 Å². The van der Waals surface area contributed by atoms with Crippen LogP contribution in [0.15, 0.2) is 41.0 Å². The predicted molar refractivity (Wildman–Crippen MR) is 86.9 cm³/mol. The average Bonchev–Trinajstić information content (AvgIpc) is 3.32. The van der Waals surface area contributed by atoms with Gasteiger partial charge in [-0.3, -0.25) is 9.59 Å². The molecule has 0 N–H and O–H groups in total. The predicted octanol–water partition coefficient (Wildman–Crippen LogP) is 2.97. The second-order valence-corrected chi connectivity index (χ2v) is 6.21. The van der Waals surface area contributed by atoms with Crippen molar-refractivity contribution in [1.82, 2.24) is 0 Å². The maximum atomic E-state index is 12.3. The van der Waals surface area contributed by atoms with Gasteiger partial charge in [0.25, 0.3) is 0 Å². The number of Topliss-reactive ketones (excluding diaryl/α,β-unsaturated/α-hetero) is 1. The zero-order valence-corrected chi connectivity index (χ0v) is 13.6. The molecule has 6 nitrogen and oxygen atoms in total. The molecule has 1 aromatic carbocycles. The van der Waals surface area contributed by atoms with Gasteiger partial charge in [0.2, 0.25) is 0 Å². The molecule has 0 amide bonds. The van der Waals surface area contributed by atoms with Crippen molar-refractivity contribution < 1.29 is 28.2 Å². The number of hydrogen-bond acceptors (Lipinski definition) is 6. The van der Waals surface area contributed by atoms with Crippen molar-refractivity contribution in [3.05, 3.63) is 47.9 Å². The Balaban J connectivity index is 1.33. The molecule has 0 radical (unpaired) electrons. The van der Waals surface area contributed by atoms with Gasteiger partial charge in [0.1, 0.15) is 5.76 Å². The van der Waals surface area contributed by atoms with Gasteiger partial charge in [0.15, 0.2) is 23.9 Å². The largest absolute Gasteiger partial charge is 0.490 e. The summed E-state index contributed by atoms with van der Waals surface area (Å²) in [5.41, 5.74) is 0.440. The number of fused-ring (bicyclic) bond motifs is 1. The van der Waals surface area contributed by atoms with E-state index in [1.54, 1.807) is 30.5 Å². The molecule has 6 heteroatoms. The summed E-state index contributed by atoms with van der Waals surface area (Å²) in [6, 6.07) is 8.65. The maximum absolute atomic E-state index is 12.3. The second-order valence-electron chi connectivity index (χ2n) is 6.21. The Kier molecular flexibility index (Phi) is 4.17. The smallest absolute Gasteiger partial charge is 0.310 e. The molecule has 2 heterocycles. The fourth-order valence-corrected chi connectivity index (χ4v) is 2.94. The lowest BCUT2D eigenvalue weighted by Crippen LogP contribution is -2.16. The van der Waals surface area contributed by atoms with Crippen LogP contribution in [-0.2, 0) is 9.53 Å². The third-order valence-electron chi connectivity index (χ3n) is 4.42. The van der Waals surface area contributed by atoms with E-state index in [1.807, 2.05) is 6.07 Å². The normalized spacial score (nSPS) is 21.3. The first-order valence-electron chi connectivity index (χ1n) is 8.35. The summed E-state index contributed by atoms with van der Waals surface area (Å²) >= 11 is 0. The lowest BCUT2D eigenvalue weighted by atomic mass is 10.1. The molecule has 0 unspecified atom stereocenters. The number of ketones is 1. The monoisotopic (exact) mass is 342 g/mol. The van der Waals surface area contributed by atoms with Crippen LogP contribution in [0.4, 0.5) is 0 Å². The molecule has 1 saturated carbocycles. The zero-order chi connectivity index (χ0) is 17.2. The van der Waals surface area contributed by atoms with Crippen molar-refractivity contribution in [2.75, 3.05) is 19.8 Å². The van der Waals surface area contributed by atoms with Crippen LogP contribution in [0, 0.1) is 5.92 Å². The van der Waals surface area contributed by atoms with Gasteiger partial charge in [-0.2, -0.15) is 0 Å². The Hall–Kier alpha value is -2.76. The van der Waals surface area contributed by atoms with Crippen molar-refractivity contribution >= 4 is 11.8 Å². The standard InChI is InChI=1S/C19H18O6/c20-15(12-4-5-17-18(9-12)24-8-2-7-23-17)11-25-19(21)14-10-13(14)16-3-1-6-22-16/h1,3-6,9,13-14H,2,7-8,10-11H2/t13-,14-/m0/s1. The third-order valence-corrected chi connectivity index (χ3v) is 4.42. The number of carbonyl (C=O) groups is 2. The number of ether oxygens (including phenoxy) is 3. The minimum absolute atomic E-state index is 0.0654. The zero-order valence-electron chi connectivity index (χ0n) is 13.6. The van der Waals surface area contributed by atoms with Crippen molar-refractivity contribution in [3.63, 3.8) is 0 Å². The van der Waals surface area contributed by atoms with Gasteiger partial charge < -0.3 is 18.6 Å². The molecule has 4 rings (SSSR count). The summed E-state index contributed by atoms with van der Waals surface area (Å²) in [7, 11) is 0. The molecular formula is C19H18O6. The molecule has 1 fully saturated rings. The molecule has 2 aromatic rings. The summed E-state index contributed by atoms with van der Waals surface area (Å²) in [5, 5.41) is 0. The molecule has 130 valence electrons. The lowest BCUT2D eigenvalue weighted by molar-refractivity contribution is -0.144. The highest BCUT2D eigenvalue weighted by atomic mass is 16.5. The Morgan fingerprint density at radius 1 is 1.12 bits per heavy atom. The molecule has 1 aromatic heterocycles. The molecule has 2 aliphatic rings. The van der Waals surface area contributed by atoms with E-state index in [1.165, 1.54) is 0 Å². The van der Waals surface area contributed by atoms with E-state index >= 15 is 0 Å². The quantitative estimate of drug-likeness (QED) is 0.614. The second kappa shape index (κ2) is 6.63. The van der Waals surface area contributed by atoms with Crippen LogP contribution in [0.2, 0.25) is 0 Å². The summed E-state index contributed by atoms with van der Waals surface area (Å²) in [4.78, 5) is 24.3. The highest BCUT2D eigenvalue weighted by molar-refractivity contribution is 5.98. The molecule has 0 bridgehead atoms. The Morgan fingerprint density at radius 3 is 2.76 bits per heavy atom. The van der Waals surface area contributed by atoms with Gasteiger partial charge in [-0.1, -0.05) is 0 Å². The summed E-state index contributed by atoms with van der Waals surface area (Å²) in [5.74, 6) is 1.19. The van der Waals surface area contributed by atoms with Gasteiger partial charge in [-0.05, 0) is 36.8 Å². The van der Waals surface area contributed by atoms with E-state index < -0.39 is 0 Å². The number of benzene rings is 1. The number of esters is 1. The molecule has 1 aliphatic carbocycles. The fourth-order valence-electron chi connectivity index (χ4n) is 2.94. The van der Waals surface area contributed by atoms with Crippen molar-refractivity contribution in [1.29, 1.82) is 0 Å². The number of carbonyl (C=O) groups excluding carboxylic acids is 2. The number of hydrogen-bond donors (Lipinski definition) is 0. The fraction of sp³-hybridized carbons (Fsp3) is 0.368. The van der Waals surface area contributed by atoms with Gasteiger partial charge >= 0.3 is 5.97 Å². The lowest BCUT2D eigenvalue weighted by Gasteiger charge is -2.09. The van der Waals surface area contributed by atoms with Crippen LogP contribution in [-0.4, -0.2) is 31.6 Å². The molecule has 0 saturated heterocycles.